The molecule has 0 heterocycles. The van der Waals surface area contributed by atoms with Crippen LogP contribution in [0.1, 0.15) is 32.6 Å². The van der Waals surface area contributed by atoms with Crippen LogP contribution in [0.3, 0.4) is 0 Å². The molecule has 1 rings (SSSR count). The third kappa shape index (κ3) is 3.34. The standard InChI is InChI=1S/C14H23NO3/c1-4-6-7-15(3)13(16)11-8-10(5-2)9-12(11)14(17)18/h4,10-12H,1,5-9H2,2-3H3,(H,17,18)/t10?,11-,12+/m0/s1. The molecule has 0 aromatic carbocycles. The van der Waals surface area contributed by atoms with Gasteiger partial charge >= 0.3 is 5.97 Å². The molecule has 1 unspecified atom stereocenters. The Hall–Kier alpha value is -1.32. The summed E-state index contributed by atoms with van der Waals surface area (Å²) < 4.78 is 0. The Bertz CT molecular complexity index is 327. The van der Waals surface area contributed by atoms with Crippen molar-refractivity contribution < 1.29 is 14.7 Å². The van der Waals surface area contributed by atoms with Crippen LogP contribution in [0.4, 0.5) is 0 Å². The van der Waals surface area contributed by atoms with Crippen LogP contribution in [-0.2, 0) is 9.59 Å². The van der Waals surface area contributed by atoms with Gasteiger partial charge in [0.15, 0.2) is 0 Å². The molecule has 1 aliphatic carbocycles. The molecule has 0 radical (unpaired) electrons. The van der Waals surface area contributed by atoms with E-state index in [0.717, 1.165) is 12.8 Å². The van der Waals surface area contributed by atoms with Gasteiger partial charge in [-0.15, -0.1) is 6.58 Å². The van der Waals surface area contributed by atoms with Gasteiger partial charge in [-0.2, -0.15) is 0 Å². The van der Waals surface area contributed by atoms with Gasteiger partial charge in [-0.3, -0.25) is 9.59 Å². The Morgan fingerprint density at radius 1 is 1.39 bits per heavy atom. The lowest BCUT2D eigenvalue weighted by Gasteiger charge is -2.23. The lowest BCUT2D eigenvalue weighted by atomic mass is 9.95. The second-order valence-corrected chi connectivity index (χ2v) is 5.13. The zero-order valence-electron chi connectivity index (χ0n) is 11.3. The minimum absolute atomic E-state index is 0.0276. The minimum Gasteiger partial charge on any atom is -0.481 e. The van der Waals surface area contributed by atoms with Gasteiger partial charge in [0.25, 0.3) is 0 Å². The molecule has 0 spiro atoms. The molecule has 1 aliphatic rings. The first kappa shape index (κ1) is 14.7. The molecular weight excluding hydrogens is 230 g/mol. The number of hydrogen-bond acceptors (Lipinski definition) is 2. The van der Waals surface area contributed by atoms with Crippen molar-refractivity contribution in [3.05, 3.63) is 12.7 Å². The summed E-state index contributed by atoms with van der Waals surface area (Å²) in [5.74, 6) is -1.34. The third-order valence-electron chi connectivity index (χ3n) is 3.92. The van der Waals surface area contributed by atoms with E-state index in [1.165, 1.54) is 0 Å². The van der Waals surface area contributed by atoms with Gasteiger partial charge in [0.05, 0.1) is 11.8 Å². The average molecular weight is 253 g/mol. The summed E-state index contributed by atoms with van der Waals surface area (Å²) in [7, 11) is 1.74. The van der Waals surface area contributed by atoms with Crippen molar-refractivity contribution in [2.75, 3.05) is 13.6 Å². The van der Waals surface area contributed by atoms with Crippen molar-refractivity contribution in [1.82, 2.24) is 4.90 Å². The number of carboxylic acid groups (broad SMARTS) is 1. The zero-order chi connectivity index (χ0) is 13.7. The van der Waals surface area contributed by atoms with E-state index >= 15 is 0 Å². The largest absolute Gasteiger partial charge is 0.481 e. The molecule has 0 aliphatic heterocycles. The normalized spacial score (nSPS) is 26.9. The van der Waals surface area contributed by atoms with Crippen LogP contribution in [-0.4, -0.2) is 35.5 Å². The highest BCUT2D eigenvalue weighted by atomic mass is 16.4. The van der Waals surface area contributed by atoms with E-state index in [0.29, 0.717) is 25.3 Å². The number of hydrogen-bond donors (Lipinski definition) is 1. The molecule has 1 fully saturated rings. The smallest absolute Gasteiger partial charge is 0.307 e. The van der Waals surface area contributed by atoms with Crippen LogP contribution in [0.5, 0.6) is 0 Å². The second-order valence-electron chi connectivity index (χ2n) is 5.13. The van der Waals surface area contributed by atoms with Crippen molar-refractivity contribution in [3.8, 4) is 0 Å². The van der Waals surface area contributed by atoms with Crippen LogP contribution in [0, 0.1) is 17.8 Å². The Morgan fingerprint density at radius 3 is 2.50 bits per heavy atom. The van der Waals surface area contributed by atoms with E-state index in [2.05, 4.69) is 13.5 Å². The first-order chi connectivity index (χ1) is 8.51. The lowest BCUT2D eigenvalue weighted by molar-refractivity contribution is -0.148. The summed E-state index contributed by atoms with van der Waals surface area (Å²) >= 11 is 0. The highest BCUT2D eigenvalue weighted by molar-refractivity contribution is 5.85. The Morgan fingerprint density at radius 2 is 2.00 bits per heavy atom. The quantitative estimate of drug-likeness (QED) is 0.738. The molecule has 3 atom stereocenters. The number of amides is 1. The van der Waals surface area contributed by atoms with Gasteiger partial charge in [0, 0.05) is 13.6 Å². The van der Waals surface area contributed by atoms with E-state index in [9.17, 15) is 14.7 Å². The summed E-state index contributed by atoms with van der Waals surface area (Å²) in [4.78, 5) is 25.1. The molecule has 0 aromatic heterocycles. The van der Waals surface area contributed by atoms with Gasteiger partial charge in [0.1, 0.15) is 0 Å². The molecule has 4 heteroatoms. The van der Waals surface area contributed by atoms with Gasteiger partial charge in [-0.1, -0.05) is 19.4 Å². The van der Waals surface area contributed by atoms with Crippen molar-refractivity contribution >= 4 is 11.9 Å². The summed E-state index contributed by atoms with van der Waals surface area (Å²) in [6.07, 6.45) is 4.80. The zero-order valence-corrected chi connectivity index (χ0v) is 11.3. The number of carboxylic acids is 1. The Balaban J connectivity index is 2.69. The van der Waals surface area contributed by atoms with E-state index in [4.69, 9.17) is 0 Å². The SMILES string of the molecule is C=CCCN(C)C(=O)[C@H]1CC(CC)C[C@H]1C(=O)O. The number of carbonyl (C=O) groups excluding carboxylic acids is 1. The van der Waals surface area contributed by atoms with Crippen molar-refractivity contribution in [3.63, 3.8) is 0 Å². The van der Waals surface area contributed by atoms with E-state index < -0.39 is 11.9 Å². The predicted octanol–water partition coefficient (Wildman–Crippen LogP) is 2.16. The fourth-order valence-corrected chi connectivity index (χ4v) is 2.70. The summed E-state index contributed by atoms with van der Waals surface area (Å²) in [5, 5.41) is 9.22. The topological polar surface area (TPSA) is 57.6 Å². The molecule has 18 heavy (non-hydrogen) atoms. The Labute approximate surface area is 109 Å². The van der Waals surface area contributed by atoms with Crippen LogP contribution < -0.4 is 0 Å². The maximum atomic E-state index is 12.3. The molecule has 0 aromatic rings. The molecule has 4 nitrogen and oxygen atoms in total. The van der Waals surface area contributed by atoms with Gasteiger partial charge < -0.3 is 10.0 Å². The monoisotopic (exact) mass is 253 g/mol. The van der Waals surface area contributed by atoms with E-state index in [-0.39, 0.29) is 11.8 Å². The lowest BCUT2D eigenvalue weighted by Crippen LogP contribution is -2.37. The molecular formula is C14H23NO3. The first-order valence-electron chi connectivity index (χ1n) is 6.59. The molecule has 102 valence electrons. The molecule has 1 saturated carbocycles. The van der Waals surface area contributed by atoms with Crippen LogP contribution in [0.15, 0.2) is 12.7 Å². The van der Waals surface area contributed by atoms with Crippen LogP contribution in [0.2, 0.25) is 0 Å². The summed E-state index contributed by atoms with van der Waals surface area (Å²) in [6, 6.07) is 0. The van der Waals surface area contributed by atoms with Crippen LogP contribution >= 0.6 is 0 Å². The van der Waals surface area contributed by atoms with Crippen LogP contribution in [0.25, 0.3) is 0 Å². The fourth-order valence-electron chi connectivity index (χ4n) is 2.70. The van der Waals surface area contributed by atoms with Gasteiger partial charge in [-0.25, -0.2) is 0 Å². The predicted molar refractivity (Wildman–Crippen MR) is 70.1 cm³/mol. The fraction of sp³-hybridized carbons (Fsp3) is 0.714. The van der Waals surface area contributed by atoms with Crippen molar-refractivity contribution in [2.24, 2.45) is 17.8 Å². The highest BCUT2D eigenvalue weighted by Crippen LogP contribution is 2.39. The van der Waals surface area contributed by atoms with E-state index in [1.807, 2.05) is 0 Å². The summed E-state index contributed by atoms with van der Waals surface area (Å²) in [5.41, 5.74) is 0. The maximum Gasteiger partial charge on any atom is 0.307 e. The molecule has 0 saturated heterocycles. The van der Waals surface area contributed by atoms with Crippen molar-refractivity contribution in [2.45, 2.75) is 32.6 Å². The number of nitrogens with zero attached hydrogens (tertiary/aromatic N) is 1. The first-order valence-corrected chi connectivity index (χ1v) is 6.59. The van der Waals surface area contributed by atoms with Gasteiger partial charge in [-0.05, 0) is 25.2 Å². The highest BCUT2D eigenvalue weighted by Gasteiger charge is 2.42. The van der Waals surface area contributed by atoms with E-state index in [1.54, 1.807) is 18.0 Å². The number of aliphatic carboxylic acids is 1. The number of rotatable bonds is 6. The average Bonchev–Trinajstić information content (AvgIpc) is 2.79. The molecule has 1 amide bonds. The second kappa shape index (κ2) is 6.57. The maximum absolute atomic E-state index is 12.3. The summed E-state index contributed by atoms with van der Waals surface area (Å²) in [6.45, 7) is 6.29. The molecule has 1 N–H and O–H groups in total. The van der Waals surface area contributed by atoms with Crippen molar-refractivity contribution in [1.29, 1.82) is 0 Å². The third-order valence-corrected chi connectivity index (χ3v) is 3.92. The van der Waals surface area contributed by atoms with Gasteiger partial charge in [0.2, 0.25) is 5.91 Å². The molecule has 0 bridgehead atoms. The minimum atomic E-state index is -0.832. The Kier molecular flexibility index (Phi) is 5.38. The number of carbonyl (C=O) groups is 2.